The summed E-state index contributed by atoms with van der Waals surface area (Å²) in [6.45, 7) is 2.41. The van der Waals surface area contributed by atoms with Crippen molar-refractivity contribution in [2.75, 3.05) is 20.3 Å². The highest BCUT2D eigenvalue weighted by molar-refractivity contribution is 5.72. The van der Waals surface area contributed by atoms with Crippen LogP contribution in [0.15, 0.2) is 12.1 Å². The molecular weight excluding hydrogens is 340 g/mol. The Bertz CT molecular complexity index is 791. The molecule has 1 aliphatic rings. The first-order chi connectivity index (χ1) is 12.5. The molecule has 0 aliphatic carbocycles. The van der Waals surface area contributed by atoms with E-state index < -0.39 is 0 Å². The predicted octanol–water partition coefficient (Wildman–Crippen LogP) is 0.635. The van der Waals surface area contributed by atoms with Gasteiger partial charge in [-0.1, -0.05) is 5.21 Å². The number of aryl methyl sites for hydroxylation is 2. The van der Waals surface area contributed by atoms with Crippen molar-refractivity contribution in [3.63, 3.8) is 0 Å². The number of rotatable bonds is 5. The number of esters is 1. The van der Waals surface area contributed by atoms with Crippen LogP contribution in [-0.2, 0) is 27.9 Å². The average molecular weight is 362 g/mol. The summed E-state index contributed by atoms with van der Waals surface area (Å²) in [5.74, 6) is 0.00276. The summed E-state index contributed by atoms with van der Waals surface area (Å²) in [6, 6.07) is 3.57. The summed E-state index contributed by atoms with van der Waals surface area (Å²) in [5.41, 5.74) is 2.42. The van der Waals surface area contributed by atoms with Crippen LogP contribution in [0.5, 0.6) is 5.75 Å². The van der Waals surface area contributed by atoms with Gasteiger partial charge in [-0.25, -0.2) is 9.67 Å². The van der Waals surface area contributed by atoms with Crippen LogP contribution in [-0.4, -0.2) is 57.5 Å². The number of carbonyl (C=O) groups is 1. The minimum atomic E-state index is -0.321. The van der Waals surface area contributed by atoms with E-state index in [1.807, 2.05) is 6.92 Å². The van der Waals surface area contributed by atoms with E-state index in [0.29, 0.717) is 48.2 Å². The molecule has 140 valence electrons. The van der Waals surface area contributed by atoms with Crippen molar-refractivity contribution in [1.29, 1.82) is 0 Å². The highest BCUT2D eigenvalue weighted by Crippen LogP contribution is 2.27. The maximum Gasteiger partial charge on any atom is 0.311 e. The quantitative estimate of drug-likeness (QED) is 0.772. The largest absolute Gasteiger partial charge is 0.486 e. The first kappa shape index (κ1) is 18.3. The van der Waals surface area contributed by atoms with Crippen LogP contribution < -0.4 is 4.74 Å². The van der Waals surface area contributed by atoms with E-state index in [1.54, 1.807) is 19.2 Å². The Morgan fingerprint density at radius 2 is 2.23 bits per heavy atom. The summed E-state index contributed by atoms with van der Waals surface area (Å²) in [4.78, 5) is 16.2. The van der Waals surface area contributed by atoms with Gasteiger partial charge in [0, 0.05) is 13.5 Å². The van der Waals surface area contributed by atoms with Crippen molar-refractivity contribution in [1.82, 2.24) is 20.0 Å². The molecule has 1 fully saturated rings. The lowest BCUT2D eigenvalue weighted by Gasteiger charge is -2.28. The molecule has 0 aromatic carbocycles. The van der Waals surface area contributed by atoms with Gasteiger partial charge < -0.3 is 19.3 Å². The summed E-state index contributed by atoms with van der Waals surface area (Å²) in [5, 5.41) is 17.5. The lowest BCUT2D eigenvalue weighted by Crippen LogP contribution is -2.37. The second-order valence-corrected chi connectivity index (χ2v) is 6.18. The first-order valence-corrected chi connectivity index (χ1v) is 8.33. The smallest absolute Gasteiger partial charge is 0.311 e. The summed E-state index contributed by atoms with van der Waals surface area (Å²) in [6.07, 6.45) is 0.288. The van der Waals surface area contributed by atoms with Gasteiger partial charge in [-0.3, -0.25) is 4.79 Å². The third-order valence-corrected chi connectivity index (χ3v) is 4.37. The molecule has 3 heterocycles. The van der Waals surface area contributed by atoms with E-state index in [1.165, 1.54) is 11.8 Å². The number of ether oxygens (including phenoxy) is 3. The molecule has 9 heteroatoms. The molecule has 0 saturated carbocycles. The predicted molar refractivity (Wildman–Crippen MR) is 90.3 cm³/mol. The molecule has 1 N–H and O–H groups in total. The monoisotopic (exact) mass is 362 g/mol. The molecule has 2 atom stereocenters. The van der Waals surface area contributed by atoms with Crippen molar-refractivity contribution in [2.24, 2.45) is 13.0 Å². The number of aliphatic hydroxyl groups excluding tert-OH is 1. The van der Waals surface area contributed by atoms with Crippen LogP contribution in [0, 0.1) is 12.8 Å². The van der Waals surface area contributed by atoms with Crippen LogP contribution in [0.1, 0.15) is 17.8 Å². The van der Waals surface area contributed by atoms with Gasteiger partial charge in [0.15, 0.2) is 0 Å². The van der Waals surface area contributed by atoms with Crippen LogP contribution in [0.2, 0.25) is 0 Å². The fraction of sp³-hybridized carbons (Fsp3) is 0.529. The van der Waals surface area contributed by atoms with Gasteiger partial charge >= 0.3 is 5.97 Å². The number of pyridine rings is 1. The maximum atomic E-state index is 11.7. The number of carbonyl (C=O) groups excluding carboxylic acids is 1. The Kier molecular flexibility index (Phi) is 5.48. The number of nitrogens with zero attached hydrogens (tertiary/aromatic N) is 4. The van der Waals surface area contributed by atoms with Gasteiger partial charge in [-0.05, 0) is 19.1 Å². The lowest BCUT2D eigenvalue weighted by atomic mass is 10.0. The van der Waals surface area contributed by atoms with Gasteiger partial charge in [0.1, 0.15) is 17.5 Å². The van der Waals surface area contributed by atoms with Crippen molar-refractivity contribution in [3.8, 4) is 17.1 Å². The van der Waals surface area contributed by atoms with Crippen molar-refractivity contribution < 1.29 is 24.1 Å². The average Bonchev–Trinajstić information content (AvgIpc) is 3.03. The number of aliphatic hydroxyl groups is 1. The normalized spacial score (nSPS) is 20.0. The zero-order valence-corrected chi connectivity index (χ0v) is 15.0. The van der Waals surface area contributed by atoms with Gasteiger partial charge in [0.2, 0.25) is 0 Å². The lowest BCUT2D eigenvalue weighted by molar-refractivity contribution is -0.152. The Hall–Kier alpha value is -2.52. The van der Waals surface area contributed by atoms with Gasteiger partial charge in [0.25, 0.3) is 0 Å². The van der Waals surface area contributed by atoms with Crippen LogP contribution in [0.4, 0.5) is 0 Å². The van der Waals surface area contributed by atoms with E-state index in [4.69, 9.17) is 14.2 Å². The van der Waals surface area contributed by atoms with E-state index in [-0.39, 0.29) is 24.6 Å². The third kappa shape index (κ3) is 3.68. The van der Waals surface area contributed by atoms with Crippen molar-refractivity contribution >= 4 is 5.97 Å². The number of hydrogen-bond donors (Lipinski definition) is 1. The molecular formula is C17H22N4O5. The van der Waals surface area contributed by atoms with E-state index in [0.717, 1.165) is 0 Å². The molecule has 2 aromatic heterocycles. The van der Waals surface area contributed by atoms with Crippen LogP contribution in [0.3, 0.4) is 0 Å². The zero-order chi connectivity index (χ0) is 18.7. The molecule has 1 saturated heterocycles. The molecule has 2 aromatic rings. The highest BCUT2D eigenvalue weighted by atomic mass is 16.5. The maximum absolute atomic E-state index is 11.7. The first-order valence-electron chi connectivity index (χ1n) is 8.33. The minimum absolute atomic E-state index is 0.174. The molecule has 9 nitrogen and oxygen atoms in total. The Balaban J connectivity index is 1.75. The Morgan fingerprint density at radius 3 is 2.92 bits per heavy atom. The molecule has 0 amide bonds. The van der Waals surface area contributed by atoms with Crippen LogP contribution >= 0.6 is 0 Å². The van der Waals surface area contributed by atoms with E-state index >= 15 is 0 Å². The fourth-order valence-electron chi connectivity index (χ4n) is 2.95. The molecule has 0 bridgehead atoms. The number of methoxy groups -OCH3 is 1. The Labute approximate surface area is 150 Å². The molecule has 0 spiro atoms. The van der Waals surface area contributed by atoms with E-state index in [9.17, 15) is 9.90 Å². The Morgan fingerprint density at radius 1 is 1.42 bits per heavy atom. The fourth-order valence-corrected chi connectivity index (χ4v) is 2.95. The highest BCUT2D eigenvalue weighted by Gasteiger charge is 2.30. The number of aromatic nitrogens is 4. The second-order valence-electron chi connectivity index (χ2n) is 6.18. The topological polar surface area (TPSA) is 109 Å². The van der Waals surface area contributed by atoms with Gasteiger partial charge in [-0.15, -0.1) is 5.10 Å². The van der Waals surface area contributed by atoms with Gasteiger partial charge in [-0.2, -0.15) is 0 Å². The zero-order valence-electron chi connectivity index (χ0n) is 15.0. The summed E-state index contributed by atoms with van der Waals surface area (Å²) >= 11 is 0. The number of hydrogen-bond acceptors (Lipinski definition) is 8. The standard InChI is InChI=1S/C17H22N4O5/c1-10-15(26-12-6-11(8-25-9-12)17(23)24-3)5-4-13(18-10)16-14(7-22)21(2)20-19-16/h4-5,11-12,22H,6-9H2,1-3H3/t11-,12?/m0/s1. The third-order valence-electron chi connectivity index (χ3n) is 4.37. The van der Waals surface area contributed by atoms with Crippen molar-refractivity contribution in [2.45, 2.75) is 26.1 Å². The van der Waals surface area contributed by atoms with E-state index in [2.05, 4.69) is 15.3 Å². The molecule has 1 aliphatic heterocycles. The SMILES string of the molecule is COC(=O)[C@@H]1COCC(Oc2ccc(-c3nnn(C)c3CO)nc2C)C1. The van der Waals surface area contributed by atoms with Gasteiger partial charge in [0.05, 0.1) is 49.9 Å². The van der Waals surface area contributed by atoms with Crippen LogP contribution in [0.25, 0.3) is 11.4 Å². The van der Waals surface area contributed by atoms with Crippen molar-refractivity contribution in [3.05, 3.63) is 23.5 Å². The molecule has 26 heavy (non-hydrogen) atoms. The summed E-state index contributed by atoms with van der Waals surface area (Å²) < 4.78 is 17.7. The molecule has 3 rings (SSSR count). The molecule has 0 radical (unpaired) electrons. The minimum Gasteiger partial charge on any atom is -0.486 e. The second kappa shape index (κ2) is 7.79. The summed E-state index contributed by atoms with van der Waals surface area (Å²) in [7, 11) is 3.08. The molecule has 1 unspecified atom stereocenters.